The summed E-state index contributed by atoms with van der Waals surface area (Å²) in [5.74, 6) is 0.189. The molecule has 2 aromatic carbocycles. The molecular formula is C18H18N2O2. The Morgan fingerprint density at radius 1 is 1.27 bits per heavy atom. The molecule has 0 aliphatic rings. The first-order chi connectivity index (χ1) is 10.7. The van der Waals surface area contributed by atoms with Crippen LogP contribution in [0, 0.1) is 6.92 Å². The van der Waals surface area contributed by atoms with Crippen LogP contribution in [-0.4, -0.2) is 18.7 Å². The van der Waals surface area contributed by atoms with E-state index in [1.54, 1.807) is 30.5 Å². The molecule has 1 N–H and O–H groups in total. The molecule has 22 heavy (non-hydrogen) atoms. The number of hydrogen-bond donors (Lipinski definition) is 1. The first-order valence-electron chi connectivity index (χ1n) is 6.93. The zero-order valence-electron chi connectivity index (χ0n) is 12.5. The van der Waals surface area contributed by atoms with Crippen molar-refractivity contribution < 1.29 is 9.53 Å². The van der Waals surface area contributed by atoms with Crippen molar-refractivity contribution in [3.8, 4) is 5.75 Å². The van der Waals surface area contributed by atoms with Gasteiger partial charge in [-0.05, 0) is 24.6 Å². The number of nitrogens with one attached hydrogen (secondary N) is 1. The summed E-state index contributed by atoms with van der Waals surface area (Å²) < 4.78 is 5.46. The number of aryl methyl sites for hydroxylation is 1. The fourth-order valence-corrected chi connectivity index (χ4v) is 1.90. The minimum absolute atomic E-state index is 0.316. The third kappa shape index (κ3) is 4.31. The topological polar surface area (TPSA) is 50.7 Å². The Balaban J connectivity index is 2.04. The molecule has 0 aliphatic heterocycles. The second-order valence-electron chi connectivity index (χ2n) is 4.71. The molecule has 112 valence electrons. The molecule has 0 saturated heterocycles. The Morgan fingerprint density at radius 2 is 2.09 bits per heavy atom. The van der Waals surface area contributed by atoms with Crippen molar-refractivity contribution in [3.05, 3.63) is 77.9 Å². The summed E-state index contributed by atoms with van der Waals surface area (Å²) in [7, 11) is 0. The molecule has 0 saturated carbocycles. The number of rotatable bonds is 6. The monoisotopic (exact) mass is 294 g/mol. The standard InChI is InChI=1S/C18H18N2O2/c1-3-11-22-17-10-5-4-9-16(17)18(21)20-19-13-15-8-6-7-14(2)12-15/h3-10,12-13H,1,11H2,2H3,(H,20,21). The Bertz CT molecular complexity index is 693. The molecule has 0 fully saturated rings. The van der Waals surface area contributed by atoms with Gasteiger partial charge in [0, 0.05) is 0 Å². The Morgan fingerprint density at radius 3 is 2.86 bits per heavy atom. The third-order valence-electron chi connectivity index (χ3n) is 2.91. The fourth-order valence-electron chi connectivity index (χ4n) is 1.90. The van der Waals surface area contributed by atoms with E-state index in [-0.39, 0.29) is 5.91 Å². The highest BCUT2D eigenvalue weighted by Crippen LogP contribution is 2.17. The number of carbonyl (C=O) groups excluding carboxylic acids is 1. The number of hydrazone groups is 1. The van der Waals surface area contributed by atoms with Crippen LogP contribution in [0.15, 0.2) is 66.3 Å². The molecule has 0 unspecified atom stereocenters. The summed E-state index contributed by atoms with van der Waals surface area (Å²) >= 11 is 0. The van der Waals surface area contributed by atoms with Crippen LogP contribution in [0.1, 0.15) is 21.5 Å². The van der Waals surface area contributed by atoms with E-state index >= 15 is 0 Å². The zero-order chi connectivity index (χ0) is 15.8. The van der Waals surface area contributed by atoms with Crippen molar-refractivity contribution in [2.24, 2.45) is 5.10 Å². The Kier molecular flexibility index (Phi) is 5.49. The molecule has 0 radical (unpaired) electrons. The lowest BCUT2D eigenvalue weighted by Crippen LogP contribution is -2.18. The van der Waals surface area contributed by atoms with Gasteiger partial charge in [0.05, 0.1) is 11.8 Å². The average Bonchev–Trinajstić information content (AvgIpc) is 2.53. The summed E-state index contributed by atoms with van der Waals surface area (Å²) in [4.78, 5) is 12.2. The van der Waals surface area contributed by atoms with E-state index in [9.17, 15) is 4.79 Å². The summed E-state index contributed by atoms with van der Waals surface area (Å²) in [6, 6.07) is 14.9. The second kappa shape index (κ2) is 7.78. The number of benzene rings is 2. The molecule has 4 heteroatoms. The van der Waals surface area contributed by atoms with Crippen LogP contribution in [0.4, 0.5) is 0 Å². The molecule has 0 spiro atoms. The maximum Gasteiger partial charge on any atom is 0.275 e. The van der Waals surface area contributed by atoms with Crippen LogP contribution < -0.4 is 10.2 Å². The highest BCUT2D eigenvalue weighted by Gasteiger charge is 2.10. The van der Waals surface area contributed by atoms with E-state index < -0.39 is 0 Å². The quantitative estimate of drug-likeness (QED) is 0.505. The smallest absolute Gasteiger partial charge is 0.275 e. The molecule has 1 amide bonds. The number of hydrogen-bond acceptors (Lipinski definition) is 3. The van der Waals surface area contributed by atoms with Crippen molar-refractivity contribution in [2.75, 3.05) is 6.61 Å². The van der Waals surface area contributed by atoms with Crippen molar-refractivity contribution in [3.63, 3.8) is 0 Å². The lowest BCUT2D eigenvalue weighted by Gasteiger charge is -2.08. The maximum absolute atomic E-state index is 12.2. The molecule has 4 nitrogen and oxygen atoms in total. The van der Waals surface area contributed by atoms with Crippen molar-refractivity contribution in [2.45, 2.75) is 6.92 Å². The number of nitrogens with zero attached hydrogens (tertiary/aromatic N) is 1. The van der Waals surface area contributed by atoms with Gasteiger partial charge < -0.3 is 4.74 Å². The van der Waals surface area contributed by atoms with Gasteiger partial charge in [-0.15, -0.1) is 0 Å². The minimum Gasteiger partial charge on any atom is -0.489 e. The number of amides is 1. The average molecular weight is 294 g/mol. The first kappa shape index (κ1) is 15.5. The first-order valence-corrected chi connectivity index (χ1v) is 6.93. The highest BCUT2D eigenvalue weighted by molar-refractivity contribution is 5.97. The van der Waals surface area contributed by atoms with E-state index in [1.165, 1.54) is 0 Å². The SMILES string of the molecule is C=CCOc1ccccc1C(=O)NN=Cc1cccc(C)c1. The van der Waals surface area contributed by atoms with Gasteiger partial charge in [-0.3, -0.25) is 4.79 Å². The van der Waals surface area contributed by atoms with E-state index in [4.69, 9.17) is 4.74 Å². The van der Waals surface area contributed by atoms with Crippen molar-refractivity contribution in [1.82, 2.24) is 5.43 Å². The molecular weight excluding hydrogens is 276 g/mol. The third-order valence-corrected chi connectivity index (χ3v) is 2.91. The molecule has 0 atom stereocenters. The van der Waals surface area contributed by atoms with Crippen molar-refractivity contribution >= 4 is 12.1 Å². The van der Waals surface area contributed by atoms with Gasteiger partial charge in [-0.1, -0.05) is 54.6 Å². The lowest BCUT2D eigenvalue weighted by molar-refractivity contribution is 0.0951. The van der Waals surface area contributed by atoms with Gasteiger partial charge in [0.1, 0.15) is 12.4 Å². The normalized spacial score (nSPS) is 10.4. The molecule has 2 aromatic rings. The molecule has 0 bridgehead atoms. The predicted molar refractivity (Wildman–Crippen MR) is 88.4 cm³/mol. The van der Waals surface area contributed by atoms with Crippen LogP contribution in [-0.2, 0) is 0 Å². The van der Waals surface area contributed by atoms with Crippen LogP contribution in [0.3, 0.4) is 0 Å². The van der Waals surface area contributed by atoms with Gasteiger partial charge in [-0.2, -0.15) is 5.10 Å². The van der Waals surface area contributed by atoms with Gasteiger partial charge in [0.15, 0.2) is 0 Å². The van der Waals surface area contributed by atoms with E-state index in [0.717, 1.165) is 11.1 Å². The van der Waals surface area contributed by atoms with Gasteiger partial charge in [0.25, 0.3) is 5.91 Å². The minimum atomic E-state index is -0.316. The predicted octanol–water partition coefficient (Wildman–Crippen LogP) is 3.32. The maximum atomic E-state index is 12.2. The zero-order valence-corrected chi connectivity index (χ0v) is 12.5. The van der Waals surface area contributed by atoms with E-state index in [2.05, 4.69) is 17.1 Å². The van der Waals surface area contributed by atoms with Crippen molar-refractivity contribution in [1.29, 1.82) is 0 Å². The van der Waals surface area contributed by atoms with Crippen LogP contribution in [0.25, 0.3) is 0 Å². The largest absolute Gasteiger partial charge is 0.489 e. The summed E-state index contributed by atoms with van der Waals surface area (Å²) in [5, 5.41) is 3.98. The van der Waals surface area contributed by atoms with Crippen LogP contribution in [0.2, 0.25) is 0 Å². The van der Waals surface area contributed by atoms with Crippen LogP contribution >= 0.6 is 0 Å². The van der Waals surface area contributed by atoms with E-state index in [1.807, 2.05) is 37.3 Å². The molecule has 0 aromatic heterocycles. The van der Waals surface area contributed by atoms with Gasteiger partial charge in [0.2, 0.25) is 0 Å². The highest BCUT2D eigenvalue weighted by atomic mass is 16.5. The second-order valence-corrected chi connectivity index (χ2v) is 4.71. The molecule has 0 heterocycles. The van der Waals surface area contributed by atoms with Gasteiger partial charge >= 0.3 is 0 Å². The number of para-hydroxylation sites is 1. The summed E-state index contributed by atoms with van der Waals surface area (Å²) in [5.41, 5.74) is 5.01. The van der Waals surface area contributed by atoms with Gasteiger partial charge in [-0.25, -0.2) is 5.43 Å². The lowest BCUT2D eigenvalue weighted by atomic mass is 10.2. The number of carbonyl (C=O) groups is 1. The van der Waals surface area contributed by atoms with Crippen LogP contribution in [0.5, 0.6) is 5.75 Å². The number of ether oxygens (including phenoxy) is 1. The summed E-state index contributed by atoms with van der Waals surface area (Å²) in [6.45, 7) is 5.94. The Hall–Kier alpha value is -2.88. The molecule has 2 rings (SSSR count). The Labute approximate surface area is 130 Å². The van der Waals surface area contributed by atoms with E-state index in [0.29, 0.717) is 17.9 Å². The summed E-state index contributed by atoms with van der Waals surface area (Å²) in [6.07, 6.45) is 3.24. The molecule has 0 aliphatic carbocycles. The fraction of sp³-hybridized carbons (Fsp3) is 0.111.